The predicted molar refractivity (Wildman–Crippen MR) is 99.4 cm³/mol. The molecule has 2 saturated heterocycles. The van der Waals surface area contributed by atoms with Crippen molar-refractivity contribution < 1.29 is 4.74 Å². The van der Waals surface area contributed by atoms with Gasteiger partial charge in [-0.1, -0.05) is 6.07 Å². The number of thiazole rings is 1. The minimum atomic E-state index is 0.0857. The predicted octanol–water partition coefficient (Wildman–Crippen LogP) is 2.79. The summed E-state index contributed by atoms with van der Waals surface area (Å²) in [6.07, 6.45) is 7.17. The molecule has 2 aromatic rings. The first-order valence-corrected chi connectivity index (χ1v) is 9.95. The number of ether oxygens (including phenoxy) is 1. The van der Waals surface area contributed by atoms with Crippen molar-refractivity contribution >= 4 is 11.3 Å². The maximum Gasteiger partial charge on any atom is 0.107 e. The van der Waals surface area contributed by atoms with Gasteiger partial charge in [-0.05, 0) is 38.4 Å². The highest BCUT2D eigenvalue weighted by atomic mass is 32.1. The van der Waals surface area contributed by atoms with Crippen molar-refractivity contribution in [1.82, 2.24) is 19.8 Å². The normalized spacial score (nSPS) is 23.5. The molecule has 2 aliphatic heterocycles. The summed E-state index contributed by atoms with van der Waals surface area (Å²) in [6.45, 7) is 4.93. The molecule has 1 atom stereocenters. The first-order chi connectivity index (χ1) is 12.2. The van der Waals surface area contributed by atoms with Gasteiger partial charge in [-0.3, -0.25) is 14.8 Å². The molecule has 5 nitrogen and oxygen atoms in total. The molecule has 2 fully saturated rings. The maximum absolute atomic E-state index is 6.33. The number of piperidine rings is 1. The molecule has 134 valence electrons. The Labute approximate surface area is 153 Å². The monoisotopic (exact) mass is 358 g/mol. The van der Waals surface area contributed by atoms with Gasteiger partial charge in [0.1, 0.15) is 5.01 Å². The summed E-state index contributed by atoms with van der Waals surface area (Å²) in [4.78, 5) is 13.8. The standard InChI is InChI=1S/C19H26N4OS/c1-22(13-16-4-2-3-7-20-16)17-12-19(24-15-17)5-9-23(10-6-19)14-18-21-8-11-25-18/h2-4,7-8,11,17H,5-6,9-10,12-15H2,1H3/t17-/m1/s1. The zero-order chi connectivity index (χ0) is 17.1. The molecule has 0 radical (unpaired) electrons. The molecule has 25 heavy (non-hydrogen) atoms. The lowest BCUT2D eigenvalue weighted by molar-refractivity contribution is -0.0452. The third-order valence-corrected chi connectivity index (χ3v) is 6.32. The first kappa shape index (κ1) is 17.1. The van der Waals surface area contributed by atoms with E-state index in [1.54, 1.807) is 11.3 Å². The summed E-state index contributed by atoms with van der Waals surface area (Å²) in [5.41, 5.74) is 1.21. The minimum Gasteiger partial charge on any atom is -0.373 e. The van der Waals surface area contributed by atoms with Crippen LogP contribution in [0.3, 0.4) is 0 Å². The fraction of sp³-hybridized carbons (Fsp3) is 0.579. The molecule has 0 saturated carbocycles. The summed E-state index contributed by atoms with van der Waals surface area (Å²) < 4.78 is 6.33. The van der Waals surface area contributed by atoms with Crippen molar-refractivity contribution in [2.24, 2.45) is 0 Å². The second kappa shape index (κ2) is 7.50. The number of nitrogens with zero attached hydrogens (tertiary/aromatic N) is 4. The van der Waals surface area contributed by atoms with Crippen LogP contribution in [0, 0.1) is 0 Å². The van der Waals surface area contributed by atoms with Crippen LogP contribution in [0.15, 0.2) is 36.0 Å². The lowest BCUT2D eigenvalue weighted by Gasteiger charge is -2.38. The molecular weight excluding hydrogens is 332 g/mol. The Bertz CT molecular complexity index is 655. The van der Waals surface area contributed by atoms with E-state index in [1.165, 1.54) is 5.01 Å². The molecule has 0 aromatic carbocycles. The SMILES string of the molecule is CN(Cc1ccccn1)[C@H]1COC2(CCN(Cc3nccs3)CC2)C1. The number of likely N-dealkylation sites (N-methyl/N-ethyl adjacent to an activating group) is 1. The average Bonchev–Trinajstić information content (AvgIpc) is 3.29. The van der Waals surface area contributed by atoms with Gasteiger partial charge in [0.15, 0.2) is 0 Å². The zero-order valence-electron chi connectivity index (χ0n) is 14.8. The number of hydrogen-bond acceptors (Lipinski definition) is 6. The Hall–Kier alpha value is -1.34. The zero-order valence-corrected chi connectivity index (χ0v) is 15.6. The largest absolute Gasteiger partial charge is 0.373 e. The van der Waals surface area contributed by atoms with Crippen molar-refractivity contribution in [1.29, 1.82) is 0 Å². The Morgan fingerprint density at radius 3 is 2.88 bits per heavy atom. The van der Waals surface area contributed by atoms with Gasteiger partial charge in [-0.15, -0.1) is 11.3 Å². The molecule has 0 bridgehead atoms. The number of rotatable bonds is 5. The Balaban J connectivity index is 1.28. The van der Waals surface area contributed by atoms with Crippen molar-refractivity contribution in [2.45, 2.75) is 44.0 Å². The van der Waals surface area contributed by atoms with Gasteiger partial charge >= 0.3 is 0 Å². The van der Waals surface area contributed by atoms with E-state index >= 15 is 0 Å². The van der Waals surface area contributed by atoms with E-state index in [0.29, 0.717) is 6.04 Å². The molecule has 0 amide bonds. The second-order valence-corrected chi connectivity index (χ2v) is 8.27. The van der Waals surface area contributed by atoms with Crippen LogP contribution in [-0.4, -0.2) is 58.2 Å². The number of pyridine rings is 1. The van der Waals surface area contributed by atoms with E-state index < -0.39 is 0 Å². The van der Waals surface area contributed by atoms with Crippen LogP contribution in [0.1, 0.15) is 30.0 Å². The van der Waals surface area contributed by atoms with Crippen LogP contribution in [0.25, 0.3) is 0 Å². The number of likely N-dealkylation sites (tertiary alicyclic amines) is 1. The van der Waals surface area contributed by atoms with Crippen LogP contribution in [0.2, 0.25) is 0 Å². The van der Waals surface area contributed by atoms with Crippen LogP contribution >= 0.6 is 11.3 Å². The smallest absolute Gasteiger partial charge is 0.107 e. The molecule has 0 unspecified atom stereocenters. The summed E-state index contributed by atoms with van der Waals surface area (Å²) in [5.74, 6) is 0. The maximum atomic E-state index is 6.33. The average molecular weight is 359 g/mol. The summed E-state index contributed by atoms with van der Waals surface area (Å²) in [7, 11) is 2.19. The highest BCUT2D eigenvalue weighted by molar-refractivity contribution is 7.09. The summed E-state index contributed by atoms with van der Waals surface area (Å²) >= 11 is 1.75. The van der Waals surface area contributed by atoms with Gasteiger partial charge in [-0.2, -0.15) is 0 Å². The Kier molecular flexibility index (Phi) is 5.12. The second-order valence-electron chi connectivity index (χ2n) is 7.29. The van der Waals surface area contributed by atoms with Crippen LogP contribution < -0.4 is 0 Å². The van der Waals surface area contributed by atoms with E-state index in [-0.39, 0.29) is 5.60 Å². The highest BCUT2D eigenvalue weighted by Crippen LogP contribution is 2.38. The van der Waals surface area contributed by atoms with E-state index in [4.69, 9.17) is 4.74 Å². The Morgan fingerprint density at radius 2 is 2.16 bits per heavy atom. The molecule has 2 aromatic heterocycles. The number of hydrogen-bond donors (Lipinski definition) is 0. The topological polar surface area (TPSA) is 41.5 Å². The molecule has 6 heteroatoms. The lowest BCUT2D eigenvalue weighted by atomic mass is 9.87. The Morgan fingerprint density at radius 1 is 1.28 bits per heavy atom. The molecule has 0 N–H and O–H groups in total. The van der Waals surface area contributed by atoms with Gasteiger partial charge in [0.2, 0.25) is 0 Å². The number of aromatic nitrogens is 2. The van der Waals surface area contributed by atoms with Gasteiger partial charge < -0.3 is 4.74 Å². The summed E-state index contributed by atoms with van der Waals surface area (Å²) in [6, 6.07) is 6.61. The minimum absolute atomic E-state index is 0.0857. The molecule has 2 aliphatic rings. The molecule has 4 rings (SSSR count). The van der Waals surface area contributed by atoms with Crippen LogP contribution in [-0.2, 0) is 17.8 Å². The lowest BCUT2D eigenvalue weighted by Crippen LogP contribution is -2.44. The summed E-state index contributed by atoms with van der Waals surface area (Å²) in [5, 5.41) is 3.28. The highest BCUT2D eigenvalue weighted by Gasteiger charge is 2.43. The molecule has 0 aliphatic carbocycles. The molecular formula is C19H26N4OS. The van der Waals surface area contributed by atoms with Gasteiger partial charge in [0.05, 0.1) is 24.4 Å². The first-order valence-electron chi connectivity index (χ1n) is 9.07. The van der Waals surface area contributed by atoms with Crippen molar-refractivity contribution in [2.75, 3.05) is 26.7 Å². The third kappa shape index (κ3) is 4.08. The molecule has 1 spiro atoms. The van der Waals surface area contributed by atoms with Gasteiger partial charge in [0, 0.05) is 43.4 Å². The van der Waals surface area contributed by atoms with Crippen LogP contribution in [0.5, 0.6) is 0 Å². The fourth-order valence-corrected chi connectivity index (χ4v) is 4.63. The van der Waals surface area contributed by atoms with Gasteiger partial charge in [-0.25, -0.2) is 4.98 Å². The van der Waals surface area contributed by atoms with E-state index in [9.17, 15) is 0 Å². The fourth-order valence-electron chi connectivity index (χ4n) is 3.97. The van der Waals surface area contributed by atoms with E-state index in [2.05, 4.69) is 44.3 Å². The van der Waals surface area contributed by atoms with E-state index in [1.807, 2.05) is 18.5 Å². The third-order valence-electron chi connectivity index (χ3n) is 5.56. The quantitative estimate of drug-likeness (QED) is 0.822. The van der Waals surface area contributed by atoms with E-state index in [0.717, 1.165) is 57.7 Å². The van der Waals surface area contributed by atoms with Gasteiger partial charge in [0.25, 0.3) is 0 Å². The molecule has 4 heterocycles. The van der Waals surface area contributed by atoms with Crippen molar-refractivity contribution in [3.05, 3.63) is 46.7 Å². The van der Waals surface area contributed by atoms with Crippen molar-refractivity contribution in [3.63, 3.8) is 0 Å². The van der Waals surface area contributed by atoms with Crippen molar-refractivity contribution in [3.8, 4) is 0 Å². The van der Waals surface area contributed by atoms with Crippen LogP contribution in [0.4, 0.5) is 0 Å².